The van der Waals surface area contributed by atoms with Gasteiger partial charge in [0.1, 0.15) is 6.61 Å². The van der Waals surface area contributed by atoms with E-state index in [1.807, 2.05) is 0 Å². The lowest BCUT2D eigenvalue weighted by Crippen LogP contribution is -2.62. The number of nitrogens with zero attached hydrogens (tertiary/aromatic N) is 2. The van der Waals surface area contributed by atoms with Gasteiger partial charge in [-0.3, -0.25) is 4.79 Å². The molecule has 0 spiro atoms. The summed E-state index contributed by atoms with van der Waals surface area (Å²) in [6, 6.07) is 0. The molecule has 19 heavy (non-hydrogen) atoms. The molecular formula is C12H23N2O5+. The Hall–Kier alpha value is -1.37. The third kappa shape index (κ3) is 3.79. The molecule has 0 aliphatic carbocycles. The normalized spacial score (nSPS) is 27.8. The number of aliphatic carboxylic acids is 1. The van der Waals surface area contributed by atoms with Crippen LogP contribution in [0.15, 0.2) is 0 Å². The summed E-state index contributed by atoms with van der Waals surface area (Å²) in [7, 11) is 2.09. The summed E-state index contributed by atoms with van der Waals surface area (Å²) >= 11 is 0. The summed E-state index contributed by atoms with van der Waals surface area (Å²) in [6.45, 7) is 5.75. The lowest BCUT2D eigenvalue weighted by molar-refractivity contribution is -0.961. The van der Waals surface area contributed by atoms with Gasteiger partial charge in [0.05, 0.1) is 31.6 Å². The minimum atomic E-state index is -0.771. The molecule has 0 atom stereocenters. The molecule has 1 rings (SSSR count). The van der Waals surface area contributed by atoms with E-state index in [4.69, 9.17) is 5.11 Å². The maximum atomic E-state index is 11.0. The first-order valence-corrected chi connectivity index (χ1v) is 6.53. The molecule has 0 aromatic carbocycles. The summed E-state index contributed by atoms with van der Waals surface area (Å²) in [6.07, 6.45) is 1.89. The van der Waals surface area contributed by atoms with Crippen LogP contribution in [0.3, 0.4) is 0 Å². The average Bonchev–Trinajstić information content (AvgIpc) is 2.28. The summed E-state index contributed by atoms with van der Waals surface area (Å²) < 4.78 is 0.734. The van der Waals surface area contributed by atoms with E-state index in [0.717, 1.165) is 17.6 Å². The van der Waals surface area contributed by atoms with Gasteiger partial charge >= 0.3 is 5.97 Å². The van der Waals surface area contributed by atoms with Crippen molar-refractivity contribution in [2.75, 3.05) is 26.7 Å². The van der Waals surface area contributed by atoms with Crippen molar-refractivity contribution in [3.05, 3.63) is 10.1 Å². The molecule has 1 aliphatic heterocycles. The number of carboxylic acid groups (broad SMARTS) is 1. The first kappa shape index (κ1) is 15.7. The van der Waals surface area contributed by atoms with Crippen LogP contribution in [0.2, 0.25) is 0 Å². The first-order valence-electron chi connectivity index (χ1n) is 6.53. The molecule has 1 heterocycles. The molecular weight excluding hydrogens is 252 g/mol. The molecule has 0 aromatic rings. The molecule has 1 N–H and O–H groups in total. The fourth-order valence-corrected chi connectivity index (χ4v) is 2.63. The Morgan fingerprint density at radius 2 is 2.00 bits per heavy atom. The Bertz CT molecular complexity index is 348. The predicted molar refractivity (Wildman–Crippen MR) is 67.9 cm³/mol. The summed E-state index contributed by atoms with van der Waals surface area (Å²) in [5.74, 6) is -0.974. The van der Waals surface area contributed by atoms with Crippen molar-refractivity contribution in [3.63, 3.8) is 0 Å². The second-order valence-electron chi connectivity index (χ2n) is 6.07. The number of carbonyl (C=O) groups is 1. The smallest absolute Gasteiger partial charge is 0.306 e. The van der Waals surface area contributed by atoms with Crippen LogP contribution in [0.4, 0.5) is 0 Å². The van der Waals surface area contributed by atoms with Crippen molar-refractivity contribution in [2.24, 2.45) is 5.92 Å². The van der Waals surface area contributed by atoms with Gasteiger partial charge in [-0.1, -0.05) is 0 Å². The van der Waals surface area contributed by atoms with Crippen LogP contribution in [0.25, 0.3) is 0 Å². The maximum absolute atomic E-state index is 11.0. The summed E-state index contributed by atoms with van der Waals surface area (Å²) in [5.41, 5.74) is -0.167. The second kappa shape index (κ2) is 5.73. The highest BCUT2D eigenvalue weighted by Crippen LogP contribution is 2.33. The van der Waals surface area contributed by atoms with Crippen LogP contribution in [-0.4, -0.2) is 52.9 Å². The molecule has 0 radical (unpaired) electrons. The third-order valence-corrected chi connectivity index (χ3v) is 4.66. The minimum absolute atomic E-state index is 0.0796. The number of quaternary nitrogens is 1. The second-order valence-corrected chi connectivity index (χ2v) is 6.07. The minimum Gasteiger partial charge on any atom is -0.481 e. The van der Waals surface area contributed by atoms with Crippen LogP contribution in [0, 0.1) is 16.0 Å². The highest BCUT2D eigenvalue weighted by Gasteiger charge is 2.43. The van der Waals surface area contributed by atoms with Crippen LogP contribution in [0.5, 0.6) is 0 Å². The highest BCUT2D eigenvalue weighted by molar-refractivity contribution is 5.69. The van der Waals surface area contributed by atoms with Gasteiger partial charge in [-0.25, -0.2) is 0 Å². The zero-order valence-electron chi connectivity index (χ0n) is 11.8. The lowest BCUT2D eigenvalue weighted by Gasteiger charge is -2.50. The van der Waals surface area contributed by atoms with Gasteiger partial charge in [0, 0.05) is 19.3 Å². The van der Waals surface area contributed by atoms with Gasteiger partial charge in [0.25, 0.3) is 5.09 Å². The van der Waals surface area contributed by atoms with Crippen LogP contribution >= 0.6 is 0 Å². The molecule has 0 aromatic heterocycles. The first-order chi connectivity index (χ1) is 8.68. The quantitative estimate of drug-likeness (QED) is 0.448. The Kier molecular flexibility index (Phi) is 4.73. The van der Waals surface area contributed by atoms with Crippen molar-refractivity contribution in [3.8, 4) is 0 Å². The van der Waals surface area contributed by atoms with Gasteiger partial charge in [0.15, 0.2) is 0 Å². The standard InChI is InChI=1S/C12H22N2O5/c1-12(2,6-9-19-13(17)18)14(3)7-4-10(5-8-14)11(15)16/h10H,4-9H2,1-3H3/p+1. The van der Waals surface area contributed by atoms with Gasteiger partial charge in [-0.05, 0) is 13.8 Å². The summed E-state index contributed by atoms with van der Waals surface area (Å²) in [4.78, 5) is 25.5. The highest BCUT2D eigenvalue weighted by atomic mass is 16.9. The zero-order chi connectivity index (χ0) is 14.7. The van der Waals surface area contributed by atoms with E-state index in [1.165, 1.54) is 0 Å². The number of piperidine rings is 1. The van der Waals surface area contributed by atoms with E-state index in [2.05, 4.69) is 25.7 Å². The largest absolute Gasteiger partial charge is 0.481 e. The van der Waals surface area contributed by atoms with E-state index < -0.39 is 11.1 Å². The topological polar surface area (TPSA) is 89.7 Å². The Morgan fingerprint density at radius 1 is 1.47 bits per heavy atom. The fraction of sp³-hybridized carbons (Fsp3) is 0.917. The molecule has 0 unspecified atom stereocenters. The maximum Gasteiger partial charge on any atom is 0.306 e. The molecule has 1 aliphatic rings. The summed E-state index contributed by atoms with van der Waals surface area (Å²) in [5, 5.41) is 18.4. The van der Waals surface area contributed by atoms with Gasteiger partial charge in [0.2, 0.25) is 0 Å². The van der Waals surface area contributed by atoms with Crippen molar-refractivity contribution in [1.82, 2.24) is 0 Å². The third-order valence-electron chi connectivity index (χ3n) is 4.66. The van der Waals surface area contributed by atoms with E-state index in [9.17, 15) is 14.9 Å². The van der Waals surface area contributed by atoms with Crippen LogP contribution in [0.1, 0.15) is 33.1 Å². The van der Waals surface area contributed by atoms with Gasteiger partial charge in [-0.2, -0.15) is 0 Å². The molecule has 7 heteroatoms. The molecule has 110 valence electrons. The number of hydrogen-bond donors (Lipinski definition) is 1. The average molecular weight is 275 g/mol. The van der Waals surface area contributed by atoms with Crippen LogP contribution < -0.4 is 0 Å². The lowest BCUT2D eigenvalue weighted by atomic mass is 9.88. The fourth-order valence-electron chi connectivity index (χ4n) is 2.63. The van der Waals surface area contributed by atoms with Crippen molar-refractivity contribution in [1.29, 1.82) is 0 Å². The van der Waals surface area contributed by atoms with Gasteiger partial charge < -0.3 is 14.4 Å². The van der Waals surface area contributed by atoms with E-state index in [0.29, 0.717) is 19.3 Å². The molecule has 0 saturated carbocycles. The molecule has 7 nitrogen and oxygen atoms in total. The molecule has 1 saturated heterocycles. The number of hydrogen-bond acceptors (Lipinski definition) is 4. The van der Waals surface area contributed by atoms with E-state index >= 15 is 0 Å². The van der Waals surface area contributed by atoms with Gasteiger partial charge in [-0.15, -0.1) is 10.1 Å². The Balaban J connectivity index is 2.57. The molecule has 1 fully saturated rings. The van der Waals surface area contributed by atoms with Crippen molar-refractivity contribution in [2.45, 2.75) is 38.6 Å². The monoisotopic (exact) mass is 275 g/mol. The molecule has 0 bridgehead atoms. The van der Waals surface area contributed by atoms with Crippen molar-refractivity contribution >= 4 is 5.97 Å². The van der Waals surface area contributed by atoms with Crippen molar-refractivity contribution < 1.29 is 24.3 Å². The molecule has 0 amide bonds. The Labute approximate surface area is 112 Å². The van der Waals surface area contributed by atoms with E-state index in [1.54, 1.807) is 0 Å². The predicted octanol–water partition coefficient (Wildman–Crippen LogP) is 1.30. The van der Waals surface area contributed by atoms with Crippen LogP contribution in [-0.2, 0) is 9.63 Å². The number of rotatable bonds is 6. The SMILES string of the molecule is CC(C)(CCO[N+](=O)[O-])[N+]1(C)CCC(C(=O)O)CC1. The van der Waals surface area contributed by atoms with E-state index in [-0.39, 0.29) is 18.1 Å². The number of carboxylic acids is 1. The Morgan fingerprint density at radius 3 is 2.42 bits per heavy atom. The number of likely N-dealkylation sites (tertiary alicyclic amines) is 1. The zero-order valence-corrected chi connectivity index (χ0v) is 11.8.